The van der Waals surface area contributed by atoms with Gasteiger partial charge in [0.15, 0.2) is 0 Å². The van der Waals surface area contributed by atoms with E-state index in [4.69, 9.17) is 5.73 Å². The van der Waals surface area contributed by atoms with Gasteiger partial charge in [-0.2, -0.15) is 0 Å². The van der Waals surface area contributed by atoms with Crippen LogP contribution in [0.25, 0.3) is 0 Å². The second-order valence-corrected chi connectivity index (χ2v) is 4.42. The van der Waals surface area contributed by atoms with Gasteiger partial charge < -0.3 is 5.73 Å². The lowest BCUT2D eigenvalue weighted by Crippen LogP contribution is -2.11. The zero-order chi connectivity index (χ0) is 9.52. The van der Waals surface area contributed by atoms with Gasteiger partial charge >= 0.3 is 0 Å². The molecule has 1 atom stereocenters. The molecule has 0 fully saturated rings. The van der Waals surface area contributed by atoms with Gasteiger partial charge in [0.2, 0.25) is 0 Å². The molecule has 0 aromatic carbocycles. The number of rotatable bonds is 6. The van der Waals surface area contributed by atoms with Crippen molar-refractivity contribution in [2.45, 2.75) is 38.5 Å². The summed E-state index contributed by atoms with van der Waals surface area (Å²) in [6.45, 7) is 3.03. The van der Waals surface area contributed by atoms with Crippen LogP contribution in [0.5, 0.6) is 0 Å². The summed E-state index contributed by atoms with van der Waals surface area (Å²) < 4.78 is 0. The van der Waals surface area contributed by atoms with E-state index in [9.17, 15) is 0 Å². The lowest BCUT2D eigenvalue weighted by molar-refractivity contribution is 0.578. The molecule has 1 heterocycles. The van der Waals surface area contributed by atoms with Crippen molar-refractivity contribution in [2.75, 3.05) is 6.54 Å². The van der Waals surface area contributed by atoms with Gasteiger partial charge in [-0.05, 0) is 24.4 Å². The monoisotopic (exact) mass is 197 g/mol. The fourth-order valence-corrected chi connectivity index (χ4v) is 2.42. The fraction of sp³-hybridized carbons (Fsp3) is 0.636. The van der Waals surface area contributed by atoms with Crippen LogP contribution in [0.3, 0.4) is 0 Å². The van der Waals surface area contributed by atoms with Crippen molar-refractivity contribution in [1.29, 1.82) is 0 Å². The highest BCUT2D eigenvalue weighted by atomic mass is 32.1. The minimum Gasteiger partial charge on any atom is -0.330 e. The molecule has 2 N–H and O–H groups in total. The summed E-state index contributed by atoms with van der Waals surface area (Å²) in [6.07, 6.45) is 5.20. The van der Waals surface area contributed by atoms with Crippen molar-refractivity contribution in [3.63, 3.8) is 0 Å². The molecule has 0 spiro atoms. The fourth-order valence-electron chi connectivity index (χ4n) is 1.54. The largest absolute Gasteiger partial charge is 0.330 e. The first-order valence-electron chi connectivity index (χ1n) is 5.12. The molecule has 0 amide bonds. The highest BCUT2D eigenvalue weighted by Crippen LogP contribution is 2.25. The first kappa shape index (κ1) is 10.7. The van der Waals surface area contributed by atoms with Gasteiger partial charge in [-0.25, -0.2) is 0 Å². The van der Waals surface area contributed by atoms with E-state index in [0.717, 1.165) is 6.54 Å². The van der Waals surface area contributed by atoms with Gasteiger partial charge in [0.05, 0.1) is 0 Å². The van der Waals surface area contributed by atoms with Crippen molar-refractivity contribution in [3.05, 3.63) is 22.4 Å². The summed E-state index contributed by atoms with van der Waals surface area (Å²) in [5.41, 5.74) is 5.75. The normalized spacial score (nSPS) is 13.1. The molecule has 0 saturated carbocycles. The molecule has 0 aliphatic carbocycles. The van der Waals surface area contributed by atoms with Crippen molar-refractivity contribution >= 4 is 11.3 Å². The summed E-state index contributed by atoms with van der Waals surface area (Å²) in [5.74, 6) is 0.603. The molecular formula is C11H19NS. The molecule has 1 aromatic rings. The van der Waals surface area contributed by atoms with Crippen molar-refractivity contribution in [3.8, 4) is 0 Å². The zero-order valence-corrected chi connectivity index (χ0v) is 9.15. The second kappa shape index (κ2) is 6.17. The molecule has 0 aliphatic heterocycles. The zero-order valence-electron chi connectivity index (χ0n) is 8.33. The lowest BCUT2D eigenvalue weighted by Gasteiger charge is -2.11. The predicted molar refractivity (Wildman–Crippen MR) is 60.3 cm³/mol. The summed E-state index contributed by atoms with van der Waals surface area (Å²) in [4.78, 5) is 1.46. The van der Waals surface area contributed by atoms with E-state index in [1.165, 1.54) is 30.6 Å². The van der Waals surface area contributed by atoms with E-state index in [1.54, 1.807) is 0 Å². The minimum atomic E-state index is 0.603. The Balaban J connectivity index is 2.35. The average Bonchev–Trinajstić information content (AvgIpc) is 2.65. The molecule has 74 valence electrons. The Bertz CT molecular complexity index is 206. The molecule has 2 heteroatoms. The van der Waals surface area contributed by atoms with Crippen LogP contribution in [0.2, 0.25) is 0 Å². The Hall–Kier alpha value is -0.340. The molecule has 1 unspecified atom stereocenters. The quantitative estimate of drug-likeness (QED) is 0.695. The number of hydrogen-bond acceptors (Lipinski definition) is 2. The molecule has 13 heavy (non-hydrogen) atoms. The van der Waals surface area contributed by atoms with E-state index in [-0.39, 0.29) is 0 Å². The number of unbranched alkanes of at least 4 members (excludes halogenated alkanes) is 2. The Morgan fingerprint density at radius 2 is 2.31 bits per heavy atom. The molecule has 0 aliphatic rings. The molecule has 1 nitrogen and oxygen atoms in total. The SMILES string of the molecule is CCCCCC(CN)c1cccs1. The highest BCUT2D eigenvalue weighted by molar-refractivity contribution is 7.10. The van der Waals surface area contributed by atoms with Gasteiger partial charge in [0.25, 0.3) is 0 Å². The maximum absolute atomic E-state index is 5.75. The molecule has 0 radical (unpaired) electrons. The average molecular weight is 197 g/mol. The smallest absolute Gasteiger partial charge is 0.00887 e. The first-order chi connectivity index (χ1) is 6.38. The molecule has 1 aromatic heterocycles. The van der Waals surface area contributed by atoms with Crippen LogP contribution >= 0.6 is 11.3 Å². The van der Waals surface area contributed by atoms with Crippen molar-refractivity contribution < 1.29 is 0 Å². The topological polar surface area (TPSA) is 26.0 Å². The number of nitrogens with two attached hydrogens (primary N) is 1. The Morgan fingerprint density at radius 1 is 1.46 bits per heavy atom. The van der Waals surface area contributed by atoms with E-state index in [0.29, 0.717) is 5.92 Å². The standard InChI is InChI=1S/C11H19NS/c1-2-3-4-6-10(9-12)11-7-5-8-13-11/h5,7-8,10H,2-4,6,9,12H2,1H3. The van der Waals surface area contributed by atoms with Crippen LogP contribution in [-0.4, -0.2) is 6.54 Å². The first-order valence-corrected chi connectivity index (χ1v) is 6.00. The van der Waals surface area contributed by atoms with Crippen LogP contribution in [-0.2, 0) is 0 Å². The summed E-state index contributed by atoms with van der Waals surface area (Å²) in [6, 6.07) is 4.32. The molecule has 1 rings (SSSR count). The Morgan fingerprint density at radius 3 is 2.85 bits per heavy atom. The molecule has 0 bridgehead atoms. The van der Waals surface area contributed by atoms with Crippen LogP contribution in [0, 0.1) is 0 Å². The third kappa shape index (κ3) is 3.49. The highest BCUT2D eigenvalue weighted by Gasteiger charge is 2.09. The van der Waals surface area contributed by atoms with E-state index in [1.807, 2.05) is 11.3 Å². The van der Waals surface area contributed by atoms with E-state index < -0.39 is 0 Å². The van der Waals surface area contributed by atoms with Crippen LogP contribution in [0.1, 0.15) is 43.4 Å². The maximum atomic E-state index is 5.75. The Kier molecular flexibility index (Phi) is 5.09. The lowest BCUT2D eigenvalue weighted by atomic mass is 10.00. The second-order valence-electron chi connectivity index (χ2n) is 3.44. The van der Waals surface area contributed by atoms with Gasteiger partial charge in [-0.3, -0.25) is 0 Å². The van der Waals surface area contributed by atoms with Gasteiger partial charge in [0, 0.05) is 10.8 Å². The summed E-state index contributed by atoms with van der Waals surface area (Å²) >= 11 is 1.83. The molecular weight excluding hydrogens is 178 g/mol. The van der Waals surface area contributed by atoms with Gasteiger partial charge in [0.1, 0.15) is 0 Å². The van der Waals surface area contributed by atoms with Crippen LogP contribution < -0.4 is 5.73 Å². The summed E-state index contributed by atoms with van der Waals surface area (Å²) in [7, 11) is 0. The van der Waals surface area contributed by atoms with Crippen LogP contribution in [0.15, 0.2) is 17.5 Å². The maximum Gasteiger partial charge on any atom is 0.00887 e. The van der Waals surface area contributed by atoms with E-state index in [2.05, 4.69) is 24.4 Å². The predicted octanol–water partition coefficient (Wildman–Crippen LogP) is 3.37. The third-order valence-corrected chi connectivity index (χ3v) is 3.42. The van der Waals surface area contributed by atoms with E-state index >= 15 is 0 Å². The van der Waals surface area contributed by atoms with Crippen molar-refractivity contribution in [2.24, 2.45) is 5.73 Å². The van der Waals surface area contributed by atoms with Crippen LogP contribution in [0.4, 0.5) is 0 Å². The third-order valence-electron chi connectivity index (χ3n) is 2.39. The minimum absolute atomic E-state index is 0.603. The van der Waals surface area contributed by atoms with Gasteiger partial charge in [-0.15, -0.1) is 11.3 Å². The number of thiophene rings is 1. The van der Waals surface area contributed by atoms with Gasteiger partial charge in [-0.1, -0.05) is 32.3 Å². The molecule has 0 saturated heterocycles. The summed E-state index contributed by atoms with van der Waals surface area (Å²) in [5, 5.41) is 2.14. The Labute approximate surface area is 85.0 Å². The number of hydrogen-bond donors (Lipinski definition) is 1. The van der Waals surface area contributed by atoms with Crippen molar-refractivity contribution in [1.82, 2.24) is 0 Å².